The van der Waals surface area contributed by atoms with Crippen LogP contribution in [0.5, 0.6) is 0 Å². The molecule has 1 saturated heterocycles. The van der Waals surface area contributed by atoms with Crippen molar-refractivity contribution in [3.05, 3.63) is 0 Å². The monoisotopic (exact) mass is 215 g/mol. The fourth-order valence-electron chi connectivity index (χ4n) is 2.22. The van der Waals surface area contributed by atoms with Gasteiger partial charge in [-0.05, 0) is 33.5 Å². The average molecular weight is 215 g/mol. The van der Waals surface area contributed by atoms with Crippen molar-refractivity contribution in [1.82, 2.24) is 9.80 Å². The largest absolute Gasteiger partial charge is 0.383 e. The van der Waals surface area contributed by atoms with Crippen molar-refractivity contribution < 1.29 is 4.74 Å². The first-order valence-electron chi connectivity index (χ1n) is 5.76. The maximum atomic E-state index is 5.96. The highest BCUT2D eigenvalue weighted by atomic mass is 16.5. The minimum absolute atomic E-state index is 0.149. The molecular weight excluding hydrogens is 190 g/mol. The van der Waals surface area contributed by atoms with Gasteiger partial charge < -0.3 is 20.3 Å². The lowest BCUT2D eigenvalue weighted by atomic mass is 10.0. The van der Waals surface area contributed by atoms with Gasteiger partial charge in [0.2, 0.25) is 0 Å². The molecule has 0 saturated carbocycles. The minimum Gasteiger partial charge on any atom is -0.383 e. The van der Waals surface area contributed by atoms with Crippen LogP contribution in [0.1, 0.15) is 12.8 Å². The Morgan fingerprint density at radius 3 is 2.87 bits per heavy atom. The molecule has 2 N–H and O–H groups in total. The fraction of sp³-hybridized carbons (Fsp3) is 1.00. The number of likely N-dealkylation sites (N-methyl/N-ethyl adjacent to an activating group) is 1. The Morgan fingerprint density at radius 1 is 1.53 bits per heavy atom. The zero-order valence-electron chi connectivity index (χ0n) is 10.3. The summed E-state index contributed by atoms with van der Waals surface area (Å²) in [6, 6.07) is 0.837. The van der Waals surface area contributed by atoms with Crippen molar-refractivity contribution in [3.63, 3.8) is 0 Å². The number of hydrogen-bond acceptors (Lipinski definition) is 4. The minimum atomic E-state index is 0.149. The van der Waals surface area contributed by atoms with Crippen molar-refractivity contribution in [2.24, 2.45) is 5.73 Å². The standard InChI is InChI=1S/C11H25N3O/c1-13(2)11-5-4-6-14(8-11)7-10(12)9-15-3/h10-11H,4-9,12H2,1-3H3. The molecule has 0 aromatic carbocycles. The predicted octanol–water partition coefficient (Wildman–Crippen LogP) is -0.0139. The van der Waals surface area contributed by atoms with E-state index < -0.39 is 0 Å². The number of methoxy groups -OCH3 is 1. The molecule has 2 unspecified atom stereocenters. The molecule has 4 nitrogen and oxygen atoms in total. The molecule has 1 heterocycles. The van der Waals surface area contributed by atoms with Crippen LogP contribution in [0.15, 0.2) is 0 Å². The third-order valence-corrected chi connectivity index (χ3v) is 3.08. The van der Waals surface area contributed by atoms with Gasteiger partial charge in [-0.3, -0.25) is 0 Å². The molecule has 1 aliphatic heterocycles. The summed E-state index contributed by atoms with van der Waals surface area (Å²) in [6.45, 7) is 3.94. The van der Waals surface area contributed by atoms with Crippen LogP contribution < -0.4 is 5.73 Å². The highest BCUT2D eigenvalue weighted by molar-refractivity contribution is 4.80. The first-order valence-corrected chi connectivity index (χ1v) is 5.76. The highest BCUT2D eigenvalue weighted by Crippen LogP contribution is 2.13. The van der Waals surface area contributed by atoms with E-state index in [-0.39, 0.29) is 6.04 Å². The molecule has 0 spiro atoms. The lowest BCUT2D eigenvalue weighted by Gasteiger charge is -2.37. The molecule has 15 heavy (non-hydrogen) atoms. The molecule has 1 rings (SSSR count). The summed E-state index contributed by atoms with van der Waals surface area (Å²) in [4.78, 5) is 4.77. The Hall–Kier alpha value is -0.160. The normalized spacial score (nSPS) is 25.8. The zero-order valence-corrected chi connectivity index (χ0v) is 10.3. The molecule has 0 aromatic rings. The Morgan fingerprint density at radius 2 is 2.27 bits per heavy atom. The van der Waals surface area contributed by atoms with E-state index in [9.17, 15) is 0 Å². The molecule has 0 radical (unpaired) electrons. The van der Waals surface area contributed by atoms with E-state index in [0.717, 1.165) is 13.1 Å². The second kappa shape index (κ2) is 6.43. The predicted molar refractivity (Wildman–Crippen MR) is 63.0 cm³/mol. The molecule has 90 valence electrons. The van der Waals surface area contributed by atoms with E-state index in [2.05, 4.69) is 23.9 Å². The van der Waals surface area contributed by atoms with Gasteiger partial charge in [0.15, 0.2) is 0 Å². The maximum absolute atomic E-state index is 5.96. The summed E-state index contributed by atoms with van der Waals surface area (Å²) < 4.78 is 5.06. The van der Waals surface area contributed by atoms with E-state index in [0.29, 0.717) is 12.6 Å². The Balaban J connectivity index is 2.29. The quantitative estimate of drug-likeness (QED) is 0.700. The molecule has 1 aliphatic rings. The second-order valence-corrected chi connectivity index (χ2v) is 4.73. The smallest absolute Gasteiger partial charge is 0.0626 e. The molecule has 0 aliphatic carbocycles. The van der Waals surface area contributed by atoms with Gasteiger partial charge in [0.1, 0.15) is 0 Å². The number of ether oxygens (including phenoxy) is 1. The topological polar surface area (TPSA) is 41.7 Å². The molecule has 0 bridgehead atoms. The summed E-state index contributed by atoms with van der Waals surface area (Å²) in [7, 11) is 6.02. The van der Waals surface area contributed by atoms with Gasteiger partial charge in [-0.15, -0.1) is 0 Å². The molecule has 0 aromatic heterocycles. The summed E-state index contributed by atoms with van der Waals surface area (Å²) in [5.41, 5.74) is 5.96. The summed E-state index contributed by atoms with van der Waals surface area (Å²) in [5.74, 6) is 0. The summed E-state index contributed by atoms with van der Waals surface area (Å²) >= 11 is 0. The molecule has 2 atom stereocenters. The van der Waals surface area contributed by atoms with Crippen LogP contribution in [0.3, 0.4) is 0 Å². The van der Waals surface area contributed by atoms with Crippen LogP contribution in [-0.2, 0) is 4.74 Å². The van der Waals surface area contributed by atoms with Crippen molar-refractivity contribution >= 4 is 0 Å². The van der Waals surface area contributed by atoms with Crippen LogP contribution in [0.4, 0.5) is 0 Å². The van der Waals surface area contributed by atoms with Gasteiger partial charge in [-0.2, -0.15) is 0 Å². The number of nitrogens with two attached hydrogens (primary N) is 1. The average Bonchev–Trinajstić information content (AvgIpc) is 2.18. The van der Waals surface area contributed by atoms with Crippen molar-refractivity contribution in [2.75, 3.05) is 47.4 Å². The van der Waals surface area contributed by atoms with Crippen LogP contribution in [0.2, 0.25) is 0 Å². The Bertz CT molecular complexity index is 175. The zero-order chi connectivity index (χ0) is 11.3. The molecule has 0 amide bonds. The van der Waals surface area contributed by atoms with Crippen LogP contribution in [-0.4, -0.2) is 69.3 Å². The lowest BCUT2D eigenvalue weighted by molar-refractivity contribution is 0.107. The third kappa shape index (κ3) is 4.47. The van der Waals surface area contributed by atoms with Gasteiger partial charge >= 0.3 is 0 Å². The van der Waals surface area contributed by atoms with Crippen molar-refractivity contribution in [1.29, 1.82) is 0 Å². The SMILES string of the molecule is COCC(N)CN1CCCC(N(C)C)C1. The summed E-state index contributed by atoms with van der Waals surface area (Å²) in [6.07, 6.45) is 2.59. The van der Waals surface area contributed by atoms with Crippen LogP contribution >= 0.6 is 0 Å². The van der Waals surface area contributed by atoms with Gasteiger partial charge in [0.25, 0.3) is 0 Å². The number of hydrogen-bond donors (Lipinski definition) is 1. The Labute approximate surface area is 93.4 Å². The number of piperidine rings is 1. The van der Waals surface area contributed by atoms with E-state index >= 15 is 0 Å². The number of rotatable bonds is 5. The second-order valence-electron chi connectivity index (χ2n) is 4.73. The van der Waals surface area contributed by atoms with Gasteiger partial charge in [0.05, 0.1) is 6.61 Å². The van der Waals surface area contributed by atoms with Crippen LogP contribution in [0, 0.1) is 0 Å². The molecule has 1 fully saturated rings. The van der Waals surface area contributed by atoms with E-state index in [4.69, 9.17) is 10.5 Å². The van der Waals surface area contributed by atoms with E-state index in [1.54, 1.807) is 7.11 Å². The van der Waals surface area contributed by atoms with Crippen LogP contribution in [0.25, 0.3) is 0 Å². The maximum Gasteiger partial charge on any atom is 0.0626 e. The van der Waals surface area contributed by atoms with Gasteiger partial charge in [-0.25, -0.2) is 0 Å². The van der Waals surface area contributed by atoms with E-state index in [1.807, 2.05) is 0 Å². The first kappa shape index (κ1) is 12.9. The molecule has 4 heteroatoms. The number of likely N-dealkylation sites (tertiary alicyclic amines) is 1. The summed E-state index contributed by atoms with van der Waals surface area (Å²) in [5, 5.41) is 0. The highest BCUT2D eigenvalue weighted by Gasteiger charge is 2.22. The third-order valence-electron chi connectivity index (χ3n) is 3.08. The molecular formula is C11H25N3O. The Kier molecular flexibility index (Phi) is 5.53. The van der Waals surface area contributed by atoms with Crippen molar-refractivity contribution in [2.45, 2.75) is 24.9 Å². The van der Waals surface area contributed by atoms with Gasteiger partial charge in [-0.1, -0.05) is 0 Å². The first-order chi connectivity index (χ1) is 7.13. The number of nitrogens with zero attached hydrogens (tertiary/aromatic N) is 2. The van der Waals surface area contributed by atoms with Gasteiger partial charge in [0, 0.05) is 32.3 Å². The van der Waals surface area contributed by atoms with E-state index in [1.165, 1.54) is 19.4 Å². The fourth-order valence-corrected chi connectivity index (χ4v) is 2.22. The lowest BCUT2D eigenvalue weighted by Crippen LogP contribution is -2.49. The van der Waals surface area contributed by atoms with Crippen molar-refractivity contribution in [3.8, 4) is 0 Å².